The molecule has 2 aliphatic heterocycles. The number of amides is 1. The highest BCUT2D eigenvalue weighted by Gasteiger charge is 2.22. The van der Waals surface area contributed by atoms with Gasteiger partial charge in [0.1, 0.15) is 11.3 Å². The normalized spacial score (nSPS) is 11.2. The van der Waals surface area contributed by atoms with E-state index in [0.717, 1.165) is 0 Å². The molecule has 3 heterocycles. The van der Waals surface area contributed by atoms with E-state index in [1.165, 1.54) is 20.5 Å². The fourth-order valence-corrected chi connectivity index (χ4v) is 2.62. The van der Waals surface area contributed by atoms with Crippen LogP contribution in [0.15, 0.2) is 47.5 Å². The van der Waals surface area contributed by atoms with Gasteiger partial charge in [-0.2, -0.15) is 19.6 Å². The summed E-state index contributed by atoms with van der Waals surface area (Å²) in [5, 5.41) is 9.18. The monoisotopic (exact) mass is 322 g/mol. The van der Waals surface area contributed by atoms with E-state index >= 15 is 0 Å². The van der Waals surface area contributed by atoms with Gasteiger partial charge in [0.2, 0.25) is 0 Å². The van der Waals surface area contributed by atoms with E-state index < -0.39 is 0 Å². The number of pyridine rings is 1. The number of aromatic nitrogens is 5. The SMILES string of the molecule is CN(C)C(=O)n1ncc2c3nn(-c4ccccc4)c(=O)c-3c[nH]c21. The minimum Gasteiger partial charge on any atom is -0.345 e. The summed E-state index contributed by atoms with van der Waals surface area (Å²) in [6.07, 6.45) is 3.10. The Morgan fingerprint density at radius 3 is 2.67 bits per heavy atom. The molecule has 1 N–H and O–H groups in total. The molecular formula is C16H14N6O2. The van der Waals surface area contributed by atoms with Crippen molar-refractivity contribution in [1.82, 2.24) is 29.4 Å². The lowest BCUT2D eigenvalue weighted by molar-refractivity contribution is 0.217. The third-order valence-electron chi connectivity index (χ3n) is 3.82. The van der Waals surface area contributed by atoms with Crippen molar-refractivity contribution in [3.05, 3.63) is 53.1 Å². The van der Waals surface area contributed by atoms with Crippen molar-refractivity contribution in [2.24, 2.45) is 0 Å². The number of nitrogens with zero attached hydrogens (tertiary/aromatic N) is 5. The zero-order valence-corrected chi connectivity index (χ0v) is 13.1. The zero-order valence-electron chi connectivity index (χ0n) is 13.1. The first-order chi connectivity index (χ1) is 11.6. The van der Waals surface area contributed by atoms with Crippen LogP contribution >= 0.6 is 0 Å². The molecule has 24 heavy (non-hydrogen) atoms. The molecule has 0 spiro atoms. The Hall–Kier alpha value is -3.42. The Bertz CT molecular complexity index is 1070. The molecule has 0 saturated carbocycles. The van der Waals surface area contributed by atoms with Crippen LogP contribution < -0.4 is 5.56 Å². The van der Waals surface area contributed by atoms with Crippen molar-refractivity contribution in [2.75, 3.05) is 14.1 Å². The first kappa shape index (κ1) is 14.2. The quantitative estimate of drug-likeness (QED) is 0.576. The van der Waals surface area contributed by atoms with E-state index in [4.69, 9.17) is 0 Å². The number of hydrogen-bond donors (Lipinski definition) is 1. The molecule has 2 aliphatic rings. The van der Waals surface area contributed by atoms with Gasteiger partial charge in [-0.1, -0.05) is 18.2 Å². The second kappa shape index (κ2) is 5.05. The molecule has 0 aliphatic carbocycles. The van der Waals surface area contributed by atoms with Gasteiger partial charge < -0.3 is 9.88 Å². The average molecular weight is 322 g/mol. The fourth-order valence-electron chi connectivity index (χ4n) is 2.62. The molecular weight excluding hydrogens is 308 g/mol. The van der Waals surface area contributed by atoms with E-state index in [2.05, 4.69) is 15.2 Å². The molecule has 1 aromatic carbocycles. The van der Waals surface area contributed by atoms with E-state index in [9.17, 15) is 9.59 Å². The highest BCUT2D eigenvalue weighted by Crippen LogP contribution is 2.25. The third kappa shape index (κ3) is 1.93. The van der Waals surface area contributed by atoms with Gasteiger partial charge in [0.05, 0.1) is 22.8 Å². The van der Waals surface area contributed by atoms with Gasteiger partial charge in [0.25, 0.3) is 5.56 Å². The largest absolute Gasteiger partial charge is 0.346 e. The van der Waals surface area contributed by atoms with Crippen molar-refractivity contribution in [1.29, 1.82) is 0 Å². The van der Waals surface area contributed by atoms with Gasteiger partial charge in [-0.15, -0.1) is 0 Å². The standard InChI is InChI=1S/C16H14N6O2/c1-20(2)16(24)22-14-11(9-18-22)13-12(8-17-14)15(23)21(19-13)10-6-4-3-5-7-10/h3-9,17H,1-2H3. The maximum Gasteiger partial charge on any atom is 0.346 e. The molecule has 0 atom stereocenters. The second-order valence-corrected chi connectivity index (χ2v) is 5.60. The smallest absolute Gasteiger partial charge is 0.345 e. The summed E-state index contributed by atoms with van der Waals surface area (Å²) < 4.78 is 2.60. The van der Waals surface area contributed by atoms with Crippen LogP contribution in [0.3, 0.4) is 0 Å². The van der Waals surface area contributed by atoms with Crippen LogP contribution in [0.5, 0.6) is 0 Å². The number of benzene rings is 1. The summed E-state index contributed by atoms with van der Waals surface area (Å²) >= 11 is 0. The van der Waals surface area contributed by atoms with Gasteiger partial charge in [-0.25, -0.2) is 4.79 Å². The molecule has 0 unspecified atom stereocenters. The lowest BCUT2D eigenvalue weighted by atomic mass is 10.2. The van der Waals surface area contributed by atoms with E-state index in [-0.39, 0.29) is 11.6 Å². The Morgan fingerprint density at radius 2 is 1.96 bits per heavy atom. The Morgan fingerprint density at radius 1 is 1.21 bits per heavy atom. The maximum absolute atomic E-state index is 12.6. The number of aromatic amines is 1. The first-order valence-corrected chi connectivity index (χ1v) is 7.33. The van der Waals surface area contributed by atoms with Crippen LogP contribution in [0.25, 0.3) is 28.0 Å². The van der Waals surface area contributed by atoms with Gasteiger partial charge in [-0.05, 0) is 12.1 Å². The summed E-state index contributed by atoms with van der Waals surface area (Å²) in [5.74, 6) is 0. The lowest BCUT2D eigenvalue weighted by Gasteiger charge is -2.10. The molecule has 8 nitrogen and oxygen atoms in total. The molecule has 120 valence electrons. The number of rotatable bonds is 1. The lowest BCUT2D eigenvalue weighted by Crippen LogP contribution is -2.28. The topological polar surface area (TPSA) is 88.8 Å². The maximum atomic E-state index is 12.6. The Labute approximate surface area is 136 Å². The molecule has 0 fully saturated rings. The van der Waals surface area contributed by atoms with Crippen molar-refractivity contribution in [3.8, 4) is 16.9 Å². The summed E-state index contributed by atoms with van der Waals surface area (Å²) in [5.41, 5.74) is 1.92. The number of nitrogens with one attached hydrogen (secondary N) is 1. The predicted octanol–water partition coefficient (Wildman–Crippen LogP) is 1.54. The van der Waals surface area contributed by atoms with Crippen LogP contribution in [0, 0.1) is 0 Å². The van der Waals surface area contributed by atoms with E-state index in [0.29, 0.717) is 28.0 Å². The van der Waals surface area contributed by atoms with Crippen LogP contribution in [0.2, 0.25) is 0 Å². The minimum atomic E-state index is -0.287. The highest BCUT2D eigenvalue weighted by atomic mass is 16.2. The van der Waals surface area contributed by atoms with Crippen LogP contribution in [0.1, 0.15) is 0 Å². The van der Waals surface area contributed by atoms with Gasteiger partial charge in [0, 0.05) is 20.3 Å². The summed E-state index contributed by atoms with van der Waals surface area (Å²) in [7, 11) is 3.29. The summed E-state index contributed by atoms with van der Waals surface area (Å²) in [4.78, 5) is 29.2. The minimum absolute atomic E-state index is 0.221. The summed E-state index contributed by atoms with van der Waals surface area (Å²) in [6.45, 7) is 0. The molecule has 0 radical (unpaired) electrons. The van der Waals surface area contributed by atoms with Crippen molar-refractivity contribution in [3.63, 3.8) is 0 Å². The zero-order chi connectivity index (χ0) is 16.8. The summed E-state index contributed by atoms with van der Waals surface area (Å²) in [6, 6.07) is 8.90. The van der Waals surface area contributed by atoms with Gasteiger partial charge in [-0.3, -0.25) is 4.79 Å². The second-order valence-electron chi connectivity index (χ2n) is 5.60. The molecule has 4 rings (SSSR count). The van der Waals surface area contributed by atoms with Crippen LogP contribution in [0.4, 0.5) is 4.79 Å². The van der Waals surface area contributed by atoms with Gasteiger partial charge in [0.15, 0.2) is 0 Å². The Kier molecular flexibility index (Phi) is 2.99. The number of fused-ring (bicyclic) bond motifs is 3. The van der Waals surface area contributed by atoms with Crippen molar-refractivity contribution in [2.45, 2.75) is 0 Å². The number of carbonyl (C=O) groups is 1. The van der Waals surface area contributed by atoms with Gasteiger partial charge >= 0.3 is 6.03 Å². The molecule has 0 bridgehead atoms. The van der Waals surface area contributed by atoms with E-state index in [1.807, 2.05) is 30.3 Å². The predicted molar refractivity (Wildman–Crippen MR) is 88.6 cm³/mol. The molecule has 2 aromatic rings. The Balaban J connectivity index is 1.98. The van der Waals surface area contributed by atoms with Crippen LogP contribution in [-0.2, 0) is 0 Å². The third-order valence-corrected chi connectivity index (χ3v) is 3.82. The molecule has 8 heteroatoms. The molecule has 1 aromatic heterocycles. The molecule has 0 saturated heterocycles. The van der Waals surface area contributed by atoms with E-state index in [1.54, 1.807) is 20.3 Å². The van der Waals surface area contributed by atoms with Crippen LogP contribution in [-0.4, -0.2) is 49.6 Å². The average Bonchev–Trinajstić information content (AvgIpc) is 3.16. The first-order valence-electron chi connectivity index (χ1n) is 7.33. The molecule has 1 amide bonds. The number of H-pyrrole nitrogens is 1. The number of para-hydroxylation sites is 1. The number of carbonyl (C=O) groups excluding carboxylic acids is 1. The number of hydrogen-bond acceptors (Lipinski definition) is 4. The fraction of sp³-hybridized carbons (Fsp3) is 0.125. The van der Waals surface area contributed by atoms with Crippen molar-refractivity contribution < 1.29 is 4.79 Å². The van der Waals surface area contributed by atoms with Crippen molar-refractivity contribution >= 4 is 17.1 Å². The highest BCUT2D eigenvalue weighted by molar-refractivity contribution is 5.95.